The predicted molar refractivity (Wildman–Crippen MR) is 51.0 cm³/mol. The molecule has 61 valence electrons. The van der Waals surface area contributed by atoms with Gasteiger partial charge in [-0.2, -0.15) is 0 Å². The van der Waals surface area contributed by atoms with E-state index < -0.39 is 14.3 Å². The molecule has 0 aliphatic heterocycles. The van der Waals surface area contributed by atoms with Crippen molar-refractivity contribution < 1.29 is 0 Å². The summed E-state index contributed by atoms with van der Waals surface area (Å²) in [4.78, 5) is 0. The minimum atomic E-state index is -0.486. The molecule has 0 aromatic heterocycles. The summed E-state index contributed by atoms with van der Waals surface area (Å²) in [5.41, 5.74) is 0. The van der Waals surface area contributed by atoms with Gasteiger partial charge in [0.1, 0.15) is 0 Å². The summed E-state index contributed by atoms with van der Waals surface area (Å²) in [6, 6.07) is 0. The van der Waals surface area contributed by atoms with Crippen molar-refractivity contribution in [1.29, 1.82) is 0 Å². The zero-order chi connectivity index (χ0) is 7.82. The molecular weight excluding hydrogens is 181 g/mol. The van der Waals surface area contributed by atoms with Gasteiger partial charge in [0.2, 0.25) is 0 Å². The van der Waals surface area contributed by atoms with Crippen molar-refractivity contribution in [3.63, 3.8) is 0 Å². The van der Waals surface area contributed by atoms with E-state index in [2.05, 4.69) is 20.8 Å². The Hall–Kier alpha value is 0.543. The second kappa shape index (κ2) is 7.65. The van der Waals surface area contributed by atoms with E-state index in [-0.39, 0.29) is 0 Å². The molecule has 0 saturated heterocycles. The fourth-order valence-corrected chi connectivity index (χ4v) is 7.46. The van der Waals surface area contributed by atoms with E-state index in [4.69, 9.17) is 0 Å². The van der Waals surface area contributed by atoms with Gasteiger partial charge in [-0.3, -0.25) is 0 Å². The first-order chi connectivity index (χ1) is 4.85. The Morgan fingerprint density at radius 3 is 1.20 bits per heavy atom. The zero-order valence-corrected chi connectivity index (χ0v) is 9.84. The zero-order valence-electron chi connectivity index (χ0n) is 7.74. The minimum absolute atomic E-state index is 0.486. The van der Waals surface area contributed by atoms with Crippen molar-refractivity contribution in [1.82, 2.24) is 0 Å². The van der Waals surface area contributed by atoms with E-state index >= 15 is 0 Å². The maximum atomic E-state index is 2.33. The molecule has 0 rings (SSSR count). The van der Waals surface area contributed by atoms with Crippen LogP contribution < -0.4 is 0 Å². The summed E-state index contributed by atoms with van der Waals surface area (Å²) >= 11 is -0.486. The fourth-order valence-electron chi connectivity index (χ4n) is 1.44. The third kappa shape index (κ3) is 5.34. The molecule has 1 radical (unpaired) electrons. The quantitative estimate of drug-likeness (QED) is 0.575. The molecule has 10 heavy (non-hydrogen) atoms. The maximum absolute atomic E-state index is 2.33. The molecule has 0 nitrogen and oxygen atoms in total. The number of rotatable bonds is 6. The molecule has 0 saturated carbocycles. The van der Waals surface area contributed by atoms with Gasteiger partial charge in [0, 0.05) is 0 Å². The van der Waals surface area contributed by atoms with Crippen LogP contribution >= 0.6 is 0 Å². The molecule has 0 aliphatic rings. The summed E-state index contributed by atoms with van der Waals surface area (Å²) in [7, 11) is 0. The van der Waals surface area contributed by atoms with E-state index in [9.17, 15) is 0 Å². The van der Waals surface area contributed by atoms with Crippen molar-refractivity contribution in [2.75, 3.05) is 0 Å². The van der Waals surface area contributed by atoms with Crippen molar-refractivity contribution in [3.05, 3.63) is 0 Å². The van der Waals surface area contributed by atoms with Crippen LogP contribution in [0.1, 0.15) is 40.0 Å². The summed E-state index contributed by atoms with van der Waals surface area (Å²) in [6.07, 6.45) is 4.32. The molecule has 0 N–H and O–H groups in total. The summed E-state index contributed by atoms with van der Waals surface area (Å²) < 4.78 is 0. The van der Waals surface area contributed by atoms with E-state index in [0.29, 0.717) is 0 Å². The second-order valence-electron chi connectivity index (χ2n) is 3.00. The molecule has 0 aliphatic carbocycles. The monoisotopic (exact) mass is 203 g/mol. The van der Waals surface area contributed by atoms with Crippen LogP contribution in [-0.2, 0) is 0 Å². The predicted octanol–water partition coefficient (Wildman–Crippen LogP) is 3.71. The van der Waals surface area contributed by atoms with Gasteiger partial charge >= 0.3 is 70.1 Å². The molecular formula is C9H21Ge. The standard InChI is InChI=1S/C9H21Ge/c1-4-7-10(8-5-2)9-6-3/h4-9H2,1-3H3. The average molecular weight is 202 g/mol. The van der Waals surface area contributed by atoms with Crippen molar-refractivity contribution in [2.24, 2.45) is 0 Å². The van der Waals surface area contributed by atoms with Crippen LogP contribution in [-0.4, -0.2) is 14.3 Å². The van der Waals surface area contributed by atoms with Crippen molar-refractivity contribution in [3.8, 4) is 0 Å². The van der Waals surface area contributed by atoms with Gasteiger partial charge in [-0.15, -0.1) is 0 Å². The number of hydrogen-bond donors (Lipinski definition) is 0. The Morgan fingerprint density at radius 1 is 0.700 bits per heavy atom. The first-order valence-electron chi connectivity index (χ1n) is 4.68. The molecule has 0 bridgehead atoms. The van der Waals surface area contributed by atoms with Gasteiger partial charge in [0.05, 0.1) is 0 Å². The van der Waals surface area contributed by atoms with E-state index in [1.54, 1.807) is 15.8 Å². The van der Waals surface area contributed by atoms with Gasteiger partial charge in [0.15, 0.2) is 0 Å². The molecule has 1 heteroatoms. The molecule has 0 unspecified atom stereocenters. The Balaban J connectivity index is 3.30. The van der Waals surface area contributed by atoms with Crippen molar-refractivity contribution >= 4 is 14.3 Å². The van der Waals surface area contributed by atoms with E-state index in [0.717, 1.165) is 0 Å². The third-order valence-electron chi connectivity index (χ3n) is 1.81. The summed E-state index contributed by atoms with van der Waals surface area (Å²) in [6.45, 7) is 6.99. The van der Waals surface area contributed by atoms with Gasteiger partial charge in [-0.25, -0.2) is 0 Å². The van der Waals surface area contributed by atoms with Crippen LogP contribution in [0.15, 0.2) is 0 Å². The molecule has 0 atom stereocenters. The molecule has 0 aromatic rings. The van der Waals surface area contributed by atoms with Crippen LogP contribution in [0.2, 0.25) is 15.8 Å². The Morgan fingerprint density at radius 2 is 1.00 bits per heavy atom. The SMILES string of the molecule is CC[CH2][Ge]([CH2]CC)[CH2]CC. The van der Waals surface area contributed by atoms with Crippen LogP contribution in [0, 0.1) is 0 Å². The van der Waals surface area contributed by atoms with Gasteiger partial charge in [-0.05, 0) is 0 Å². The van der Waals surface area contributed by atoms with Crippen LogP contribution in [0.3, 0.4) is 0 Å². The first-order valence-corrected chi connectivity index (χ1v) is 9.13. The first kappa shape index (κ1) is 10.5. The Kier molecular flexibility index (Phi) is 8.06. The molecule has 0 amide bonds. The third-order valence-corrected chi connectivity index (χ3v) is 9.41. The average Bonchev–Trinajstić information content (AvgIpc) is 1.90. The molecule has 0 aromatic carbocycles. The van der Waals surface area contributed by atoms with Gasteiger partial charge in [-0.1, -0.05) is 0 Å². The fraction of sp³-hybridized carbons (Fsp3) is 1.00. The molecule has 0 spiro atoms. The van der Waals surface area contributed by atoms with Gasteiger partial charge in [0.25, 0.3) is 0 Å². The summed E-state index contributed by atoms with van der Waals surface area (Å²) in [5, 5.41) is 4.84. The van der Waals surface area contributed by atoms with Crippen LogP contribution in [0.4, 0.5) is 0 Å². The molecule has 0 fully saturated rings. The van der Waals surface area contributed by atoms with E-state index in [1.165, 1.54) is 19.3 Å². The Labute approximate surface area is 70.5 Å². The molecule has 0 heterocycles. The van der Waals surface area contributed by atoms with Crippen LogP contribution in [0.5, 0.6) is 0 Å². The van der Waals surface area contributed by atoms with Gasteiger partial charge < -0.3 is 0 Å². The topological polar surface area (TPSA) is 0 Å². The Bertz CT molecular complexity index is 47.5. The normalized spacial score (nSPS) is 10.8. The number of hydrogen-bond acceptors (Lipinski definition) is 0. The van der Waals surface area contributed by atoms with Crippen molar-refractivity contribution in [2.45, 2.75) is 55.8 Å². The van der Waals surface area contributed by atoms with Crippen LogP contribution in [0.25, 0.3) is 0 Å². The summed E-state index contributed by atoms with van der Waals surface area (Å²) in [5.74, 6) is 0. The van der Waals surface area contributed by atoms with E-state index in [1.807, 2.05) is 0 Å². The second-order valence-corrected chi connectivity index (χ2v) is 9.29.